The standard InChI is InChI=1S/C14H25N/c1-3-13(4-2)12-6-10-5-11(7-12)9-14(13,15)8-10/h10-12H,3-9,15H2,1-2H3. The van der Waals surface area contributed by atoms with Gasteiger partial charge in [0.2, 0.25) is 0 Å². The molecule has 15 heavy (non-hydrogen) atoms. The molecule has 4 fully saturated rings. The summed E-state index contributed by atoms with van der Waals surface area (Å²) in [5.41, 5.74) is 7.54. The predicted octanol–water partition coefficient (Wildman–Crippen LogP) is 3.33. The molecule has 4 aliphatic carbocycles. The van der Waals surface area contributed by atoms with E-state index in [2.05, 4.69) is 13.8 Å². The summed E-state index contributed by atoms with van der Waals surface area (Å²) in [5.74, 6) is 2.93. The second-order valence-corrected chi connectivity index (χ2v) is 6.56. The molecule has 0 heterocycles. The number of nitrogens with two attached hydrogens (primary N) is 1. The highest BCUT2D eigenvalue weighted by Crippen LogP contribution is 2.65. The van der Waals surface area contributed by atoms with Gasteiger partial charge in [0.05, 0.1) is 0 Å². The Bertz CT molecular complexity index is 253. The molecule has 0 aliphatic heterocycles. The average Bonchev–Trinajstić information content (AvgIpc) is 2.16. The lowest BCUT2D eigenvalue weighted by atomic mass is 9.41. The molecule has 0 aromatic heterocycles. The van der Waals surface area contributed by atoms with Gasteiger partial charge in [-0.05, 0) is 68.1 Å². The monoisotopic (exact) mass is 207 g/mol. The summed E-state index contributed by atoms with van der Waals surface area (Å²) in [6.07, 6.45) is 9.78. The zero-order valence-corrected chi connectivity index (χ0v) is 10.3. The molecule has 0 saturated heterocycles. The van der Waals surface area contributed by atoms with Crippen LogP contribution in [0.5, 0.6) is 0 Å². The van der Waals surface area contributed by atoms with Crippen LogP contribution >= 0.6 is 0 Å². The predicted molar refractivity (Wildman–Crippen MR) is 63.5 cm³/mol. The van der Waals surface area contributed by atoms with Crippen LogP contribution in [0.2, 0.25) is 0 Å². The third-order valence-corrected chi connectivity index (χ3v) is 6.24. The van der Waals surface area contributed by atoms with Crippen molar-refractivity contribution in [2.24, 2.45) is 28.9 Å². The minimum atomic E-state index is 0.214. The van der Waals surface area contributed by atoms with Gasteiger partial charge in [-0.15, -0.1) is 0 Å². The summed E-state index contributed by atoms with van der Waals surface area (Å²) in [5, 5.41) is 0. The van der Waals surface area contributed by atoms with Gasteiger partial charge in [-0.1, -0.05) is 13.8 Å². The number of rotatable bonds is 2. The van der Waals surface area contributed by atoms with Gasteiger partial charge < -0.3 is 5.73 Å². The summed E-state index contributed by atoms with van der Waals surface area (Å²) in [7, 11) is 0. The van der Waals surface area contributed by atoms with Gasteiger partial charge >= 0.3 is 0 Å². The van der Waals surface area contributed by atoms with E-state index >= 15 is 0 Å². The largest absolute Gasteiger partial charge is 0.325 e. The Labute approximate surface area is 93.8 Å². The molecule has 4 bridgehead atoms. The van der Waals surface area contributed by atoms with Crippen molar-refractivity contribution in [1.29, 1.82) is 0 Å². The molecule has 2 atom stereocenters. The van der Waals surface area contributed by atoms with Crippen LogP contribution in [0, 0.1) is 23.2 Å². The van der Waals surface area contributed by atoms with Gasteiger partial charge in [-0.25, -0.2) is 0 Å². The van der Waals surface area contributed by atoms with Crippen molar-refractivity contribution >= 4 is 0 Å². The fourth-order valence-electron chi connectivity index (χ4n) is 5.81. The molecule has 1 nitrogen and oxygen atoms in total. The normalized spacial score (nSPS) is 51.0. The third kappa shape index (κ3) is 1.08. The van der Waals surface area contributed by atoms with Gasteiger partial charge in [0.25, 0.3) is 0 Å². The van der Waals surface area contributed by atoms with E-state index in [9.17, 15) is 0 Å². The second-order valence-electron chi connectivity index (χ2n) is 6.56. The number of hydrogen-bond acceptors (Lipinski definition) is 1. The van der Waals surface area contributed by atoms with E-state index in [1.54, 1.807) is 0 Å². The van der Waals surface area contributed by atoms with Crippen molar-refractivity contribution < 1.29 is 0 Å². The summed E-state index contributed by atoms with van der Waals surface area (Å²) in [6, 6.07) is 0. The van der Waals surface area contributed by atoms with Crippen LogP contribution < -0.4 is 5.73 Å². The first-order valence-electron chi connectivity index (χ1n) is 6.92. The summed E-state index contributed by atoms with van der Waals surface area (Å²) in [6.45, 7) is 4.75. The van der Waals surface area contributed by atoms with Crippen LogP contribution in [0.1, 0.15) is 58.8 Å². The van der Waals surface area contributed by atoms with Crippen LogP contribution in [0.15, 0.2) is 0 Å². The molecule has 0 spiro atoms. The van der Waals surface area contributed by atoms with E-state index in [4.69, 9.17) is 5.73 Å². The Morgan fingerprint density at radius 1 is 1.00 bits per heavy atom. The minimum Gasteiger partial charge on any atom is -0.325 e. The Balaban J connectivity index is 2.02. The molecule has 86 valence electrons. The summed E-state index contributed by atoms with van der Waals surface area (Å²) >= 11 is 0. The molecule has 0 amide bonds. The molecular weight excluding hydrogens is 182 g/mol. The van der Waals surface area contributed by atoms with Crippen LogP contribution in [0.4, 0.5) is 0 Å². The van der Waals surface area contributed by atoms with E-state index < -0.39 is 0 Å². The van der Waals surface area contributed by atoms with Crippen molar-refractivity contribution in [3.8, 4) is 0 Å². The third-order valence-electron chi connectivity index (χ3n) is 6.24. The Morgan fingerprint density at radius 2 is 1.53 bits per heavy atom. The van der Waals surface area contributed by atoms with Crippen LogP contribution in [0.3, 0.4) is 0 Å². The average molecular weight is 207 g/mol. The maximum atomic E-state index is 6.82. The van der Waals surface area contributed by atoms with Crippen molar-refractivity contribution in [1.82, 2.24) is 0 Å². The van der Waals surface area contributed by atoms with E-state index in [-0.39, 0.29) is 5.54 Å². The Kier molecular flexibility index (Phi) is 2.03. The highest BCUT2D eigenvalue weighted by atomic mass is 14.9. The van der Waals surface area contributed by atoms with Crippen molar-refractivity contribution in [3.05, 3.63) is 0 Å². The van der Waals surface area contributed by atoms with Crippen molar-refractivity contribution in [2.75, 3.05) is 0 Å². The lowest BCUT2D eigenvalue weighted by Gasteiger charge is -2.66. The lowest BCUT2D eigenvalue weighted by Crippen LogP contribution is -2.68. The molecule has 4 rings (SSSR count). The number of hydrogen-bond donors (Lipinski definition) is 1. The molecule has 2 unspecified atom stereocenters. The fraction of sp³-hybridized carbons (Fsp3) is 1.00. The molecule has 4 aliphatic rings. The topological polar surface area (TPSA) is 26.0 Å². The molecule has 0 radical (unpaired) electrons. The first-order chi connectivity index (χ1) is 7.13. The van der Waals surface area contributed by atoms with Crippen LogP contribution in [-0.4, -0.2) is 5.54 Å². The zero-order valence-electron chi connectivity index (χ0n) is 10.3. The van der Waals surface area contributed by atoms with E-state index in [1.807, 2.05) is 0 Å². The van der Waals surface area contributed by atoms with Gasteiger partial charge in [0.1, 0.15) is 0 Å². The van der Waals surface area contributed by atoms with Gasteiger partial charge in [-0.2, -0.15) is 0 Å². The summed E-state index contributed by atoms with van der Waals surface area (Å²) < 4.78 is 0. The molecule has 4 saturated carbocycles. The first-order valence-corrected chi connectivity index (χ1v) is 6.92. The Morgan fingerprint density at radius 3 is 1.93 bits per heavy atom. The summed E-state index contributed by atoms with van der Waals surface area (Å²) in [4.78, 5) is 0. The lowest BCUT2D eigenvalue weighted by molar-refractivity contribution is -0.130. The fourth-order valence-corrected chi connectivity index (χ4v) is 5.81. The van der Waals surface area contributed by atoms with Crippen molar-refractivity contribution in [3.63, 3.8) is 0 Å². The molecule has 2 N–H and O–H groups in total. The van der Waals surface area contributed by atoms with Gasteiger partial charge in [0.15, 0.2) is 0 Å². The zero-order chi connectivity index (χ0) is 10.7. The van der Waals surface area contributed by atoms with E-state index in [0.717, 1.165) is 17.8 Å². The van der Waals surface area contributed by atoms with E-state index in [0.29, 0.717) is 5.41 Å². The minimum absolute atomic E-state index is 0.214. The second kappa shape index (κ2) is 3.00. The molecule has 0 aromatic carbocycles. The Hall–Kier alpha value is -0.0400. The first kappa shape index (κ1) is 10.1. The van der Waals surface area contributed by atoms with Crippen LogP contribution in [-0.2, 0) is 0 Å². The highest BCUT2D eigenvalue weighted by molar-refractivity contribution is 5.15. The highest BCUT2D eigenvalue weighted by Gasteiger charge is 2.61. The maximum Gasteiger partial charge on any atom is 0.0219 e. The SMILES string of the molecule is CCC1(CC)C2CC3CC(C2)CC1(N)C3. The van der Waals surface area contributed by atoms with Crippen LogP contribution in [0.25, 0.3) is 0 Å². The van der Waals surface area contributed by atoms with Gasteiger partial charge in [-0.3, -0.25) is 0 Å². The molecule has 0 aromatic rings. The van der Waals surface area contributed by atoms with E-state index in [1.165, 1.54) is 44.9 Å². The van der Waals surface area contributed by atoms with Crippen molar-refractivity contribution in [2.45, 2.75) is 64.3 Å². The quantitative estimate of drug-likeness (QED) is 0.738. The smallest absolute Gasteiger partial charge is 0.0219 e. The van der Waals surface area contributed by atoms with Gasteiger partial charge in [0, 0.05) is 5.54 Å². The maximum absolute atomic E-state index is 6.82. The molecular formula is C14H25N. The molecule has 1 heteroatoms.